The molecule has 0 saturated carbocycles. The Balaban J connectivity index is 1.10. The molecule has 1 unspecified atom stereocenters. The van der Waals surface area contributed by atoms with Crippen LogP contribution in [0.15, 0.2) is 18.2 Å². The quantitative estimate of drug-likeness (QED) is 0.0762. The van der Waals surface area contributed by atoms with Gasteiger partial charge in [0.15, 0.2) is 0 Å². The van der Waals surface area contributed by atoms with Gasteiger partial charge in [0.2, 0.25) is 17.7 Å². The van der Waals surface area contributed by atoms with Crippen molar-refractivity contribution in [2.75, 3.05) is 58.2 Å². The Bertz CT molecular complexity index is 1210. The first-order valence-corrected chi connectivity index (χ1v) is 18.9. The number of fused-ring (bicyclic) bond motifs is 1. The molecular weight excluding hydrogens is 642 g/mol. The molecule has 3 rings (SSSR count). The van der Waals surface area contributed by atoms with Crippen molar-refractivity contribution in [2.45, 2.75) is 122 Å². The molecule has 1 aromatic carbocycles. The minimum absolute atomic E-state index is 0.0395. The fourth-order valence-electron chi connectivity index (χ4n) is 6.13. The first-order valence-electron chi connectivity index (χ1n) is 18.9. The molecule has 0 bridgehead atoms. The molecule has 1 saturated heterocycles. The average molecular weight is 702 g/mol. The number of ether oxygens (including phenoxy) is 4. The molecule has 1 fully saturated rings. The summed E-state index contributed by atoms with van der Waals surface area (Å²) in [6.07, 6.45) is 17.2. The van der Waals surface area contributed by atoms with Gasteiger partial charge >= 0.3 is 0 Å². The van der Waals surface area contributed by atoms with Crippen LogP contribution in [-0.4, -0.2) is 93.3 Å². The number of carbonyl (C=O) groups is 5. The van der Waals surface area contributed by atoms with E-state index >= 15 is 0 Å². The third kappa shape index (κ3) is 15.0. The number of imide groups is 2. The first kappa shape index (κ1) is 41.2. The van der Waals surface area contributed by atoms with Gasteiger partial charge in [-0.25, -0.2) is 0 Å². The Hall–Kier alpha value is -3.19. The summed E-state index contributed by atoms with van der Waals surface area (Å²) in [5.74, 6) is -2.65. The monoisotopic (exact) mass is 701 g/mol. The van der Waals surface area contributed by atoms with Gasteiger partial charge in [-0.15, -0.1) is 0 Å². The van der Waals surface area contributed by atoms with Crippen molar-refractivity contribution in [2.24, 2.45) is 0 Å². The molecule has 2 aliphatic heterocycles. The molecule has 0 aromatic heterocycles. The van der Waals surface area contributed by atoms with Crippen LogP contribution in [0.5, 0.6) is 0 Å². The second kappa shape index (κ2) is 24.9. The molecule has 2 aliphatic rings. The zero-order valence-electron chi connectivity index (χ0n) is 30.1. The van der Waals surface area contributed by atoms with Gasteiger partial charge in [0, 0.05) is 26.1 Å². The van der Waals surface area contributed by atoms with Gasteiger partial charge in [-0.2, -0.15) is 0 Å². The summed E-state index contributed by atoms with van der Waals surface area (Å²) in [4.78, 5) is 63.5. The predicted octanol–water partition coefficient (Wildman–Crippen LogP) is 5.96. The summed E-state index contributed by atoms with van der Waals surface area (Å²) in [6, 6.07) is 3.58. The van der Waals surface area contributed by atoms with Crippen molar-refractivity contribution in [3.8, 4) is 0 Å². The zero-order valence-corrected chi connectivity index (χ0v) is 30.1. The summed E-state index contributed by atoms with van der Waals surface area (Å²) in [6.45, 7) is 6.83. The minimum atomic E-state index is -1.06. The molecule has 12 heteroatoms. The molecule has 0 aliphatic carbocycles. The van der Waals surface area contributed by atoms with Gasteiger partial charge in [-0.3, -0.25) is 34.2 Å². The minimum Gasteiger partial charge on any atom is -0.379 e. The molecule has 2 heterocycles. The molecule has 0 spiro atoms. The Morgan fingerprint density at radius 1 is 0.700 bits per heavy atom. The van der Waals surface area contributed by atoms with E-state index in [1.54, 1.807) is 12.1 Å². The fraction of sp³-hybridized carbons (Fsp3) is 0.711. The molecule has 2 N–H and O–H groups in total. The van der Waals surface area contributed by atoms with E-state index < -0.39 is 29.7 Å². The molecular formula is C38H59N3O9. The number of nitrogens with one attached hydrogen (secondary N) is 2. The largest absolute Gasteiger partial charge is 0.379 e. The SMILES string of the molecule is CCCCCCCCCCCCCOCCOCCOCCOCCCCCC(=O)Nc1cccc2c1C(=O)N(C1CCC(=O)NC1=O)C2=O. The van der Waals surface area contributed by atoms with Crippen LogP contribution in [0.25, 0.3) is 0 Å². The molecule has 280 valence electrons. The standard InChI is InChI=1S/C38H59N3O9/c1-2-3-4-5-6-7-8-9-10-11-14-22-47-24-26-49-28-29-50-27-25-48-23-15-12-13-19-33(42)39-31-18-16-17-30-35(31)38(46)41(37(30)45)32-20-21-34(43)40-36(32)44/h16-18,32H,2-15,19-29H2,1H3,(H,39,42)(H,40,43,44). The number of nitrogens with zero attached hydrogens (tertiary/aromatic N) is 1. The Kier molecular flexibility index (Phi) is 20.5. The summed E-state index contributed by atoms with van der Waals surface area (Å²) >= 11 is 0. The van der Waals surface area contributed by atoms with Crippen LogP contribution in [0, 0.1) is 0 Å². The van der Waals surface area contributed by atoms with Gasteiger partial charge in [0.1, 0.15) is 6.04 Å². The molecule has 1 aromatic rings. The second-order valence-electron chi connectivity index (χ2n) is 13.0. The van der Waals surface area contributed by atoms with Crippen LogP contribution in [0.2, 0.25) is 0 Å². The van der Waals surface area contributed by atoms with Crippen molar-refractivity contribution in [3.63, 3.8) is 0 Å². The highest BCUT2D eigenvalue weighted by Crippen LogP contribution is 2.32. The van der Waals surface area contributed by atoms with Gasteiger partial charge in [-0.1, -0.05) is 83.6 Å². The summed E-state index contributed by atoms with van der Waals surface area (Å²) in [7, 11) is 0. The van der Waals surface area contributed by atoms with Gasteiger partial charge in [0.05, 0.1) is 56.5 Å². The van der Waals surface area contributed by atoms with Crippen LogP contribution in [0.1, 0.15) is 137 Å². The maximum atomic E-state index is 13.2. The summed E-state index contributed by atoms with van der Waals surface area (Å²) in [5, 5.41) is 4.92. The van der Waals surface area contributed by atoms with Gasteiger partial charge in [-0.05, 0) is 37.8 Å². The molecule has 50 heavy (non-hydrogen) atoms. The smallest absolute Gasteiger partial charge is 0.264 e. The highest BCUT2D eigenvalue weighted by atomic mass is 16.6. The Morgan fingerprint density at radius 3 is 1.78 bits per heavy atom. The lowest BCUT2D eigenvalue weighted by atomic mass is 10.0. The number of hydrogen-bond donors (Lipinski definition) is 2. The number of carbonyl (C=O) groups excluding carboxylic acids is 5. The molecule has 12 nitrogen and oxygen atoms in total. The lowest BCUT2D eigenvalue weighted by molar-refractivity contribution is -0.136. The summed E-state index contributed by atoms with van der Waals surface area (Å²) < 4.78 is 22.4. The van der Waals surface area contributed by atoms with E-state index in [2.05, 4.69) is 17.6 Å². The Labute approximate surface area is 297 Å². The molecule has 5 amide bonds. The van der Waals surface area contributed by atoms with Crippen LogP contribution in [0.3, 0.4) is 0 Å². The highest BCUT2D eigenvalue weighted by Gasteiger charge is 2.45. The van der Waals surface area contributed by atoms with Crippen molar-refractivity contribution < 1.29 is 42.9 Å². The Morgan fingerprint density at radius 2 is 1.22 bits per heavy atom. The number of anilines is 1. The second-order valence-corrected chi connectivity index (χ2v) is 13.0. The highest BCUT2D eigenvalue weighted by molar-refractivity contribution is 6.26. The van der Waals surface area contributed by atoms with E-state index in [0.717, 1.165) is 30.8 Å². The molecule has 1 atom stereocenters. The third-order valence-electron chi connectivity index (χ3n) is 8.94. The van der Waals surface area contributed by atoms with Crippen molar-refractivity contribution in [1.29, 1.82) is 0 Å². The maximum absolute atomic E-state index is 13.2. The van der Waals surface area contributed by atoms with Crippen LogP contribution < -0.4 is 10.6 Å². The van der Waals surface area contributed by atoms with E-state index in [-0.39, 0.29) is 42.0 Å². The van der Waals surface area contributed by atoms with E-state index in [1.807, 2.05) is 0 Å². The van der Waals surface area contributed by atoms with E-state index in [1.165, 1.54) is 70.3 Å². The lowest BCUT2D eigenvalue weighted by Crippen LogP contribution is -2.54. The third-order valence-corrected chi connectivity index (χ3v) is 8.94. The summed E-state index contributed by atoms with van der Waals surface area (Å²) in [5.41, 5.74) is 0.426. The van der Waals surface area contributed by atoms with Crippen LogP contribution >= 0.6 is 0 Å². The number of piperidine rings is 1. The number of unbranched alkanes of at least 4 members (excludes halogenated alkanes) is 12. The number of amides is 5. The van der Waals surface area contributed by atoms with Crippen molar-refractivity contribution in [3.05, 3.63) is 29.3 Å². The van der Waals surface area contributed by atoms with E-state index in [0.29, 0.717) is 52.7 Å². The van der Waals surface area contributed by atoms with Crippen LogP contribution in [0.4, 0.5) is 5.69 Å². The number of rotatable bonds is 29. The topological polar surface area (TPSA) is 150 Å². The van der Waals surface area contributed by atoms with E-state index in [9.17, 15) is 24.0 Å². The first-order chi connectivity index (χ1) is 24.4. The molecule has 0 radical (unpaired) electrons. The van der Waals surface area contributed by atoms with Crippen molar-refractivity contribution in [1.82, 2.24) is 10.2 Å². The predicted molar refractivity (Wildman–Crippen MR) is 190 cm³/mol. The van der Waals surface area contributed by atoms with E-state index in [4.69, 9.17) is 18.9 Å². The normalized spacial score (nSPS) is 15.9. The number of benzene rings is 1. The van der Waals surface area contributed by atoms with Gasteiger partial charge in [0.25, 0.3) is 11.8 Å². The maximum Gasteiger partial charge on any atom is 0.264 e. The fourth-order valence-corrected chi connectivity index (χ4v) is 6.13. The van der Waals surface area contributed by atoms with Gasteiger partial charge < -0.3 is 24.3 Å². The van der Waals surface area contributed by atoms with Crippen molar-refractivity contribution >= 4 is 35.2 Å². The lowest BCUT2D eigenvalue weighted by Gasteiger charge is -2.27. The number of hydrogen-bond acceptors (Lipinski definition) is 9. The average Bonchev–Trinajstić information content (AvgIpc) is 3.35. The zero-order chi connectivity index (χ0) is 35.8. The van der Waals surface area contributed by atoms with Crippen LogP contribution in [-0.2, 0) is 33.3 Å².